The van der Waals surface area contributed by atoms with Crippen LogP contribution in [0.15, 0.2) is 18.3 Å². The van der Waals surface area contributed by atoms with Crippen LogP contribution in [-0.2, 0) is 0 Å². The third-order valence-electron chi connectivity index (χ3n) is 2.65. The average Bonchev–Trinajstić information content (AvgIpc) is 2.28. The van der Waals surface area contributed by atoms with E-state index in [9.17, 15) is 5.11 Å². The maximum atomic E-state index is 9.63. The Kier molecular flexibility index (Phi) is 4.27. The molecule has 0 aliphatic heterocycles. The van der Waals surface area contributed by atoms with E-state index < -0.39 is 6.10 Å². The summed E-state index contributed by atoms with van der Waals surface area (Å²) in [7, 11) is 1.89. The molecule has 0 amide bonds. The summed E-state index contributed by atoms with van der Waals surface area (Å²) in [4.78, 5) is 6.18. The molecule has 86 valence electrons. The van der Waals surface area contributed by atoms with Crippen LogP contribution in [0.5, 0.6) is 0 Å². The third-order valence-corrected chi connectivity index (χ3v) is 2.65. The zero-order valence-electron chi connectivity index (χ0n) is 9.88. The van der Waals surface area contributed by atoms with Gasteiger partial charge in [-0.05, 0) is 19.9 Å². The second-order valence-corrected chi connectivity index (χ2v) is 3.91. The van der Waals surface area contributed by atoms with Gasteiger partial charge in [-0.2, -0.15) is 5.26 Å². The Morgan fingerprint density at radius 1 is 1.56 bits per heavy atom. The number of nitrogens with zero attached hydrogens (tertiary/aromatic N) is 3. The van der Waals surface area contributed by atoms with Crippen molar-refractivity contribution in [3.8, 4) is 6.07 Å². The van der Waals surface area contributed by atoms with Gasteiger partial charge in [0.2, 0.25) is 0 Å². The average molecular weight is 219 g/mol. The summed E-state index contributed by atoms with van der Waals surface area (Å²) >= 11 is 0. The minimum Gasteiger partial charge on any atom is -0.389 e. The number of aromatic nitrogens is 1. The highest BCUT2D eigenvalue weighted by Crippen LogP contribution is 2.24. The number of anilines is 1. The van der Waals surface area contributed by atoms with Crippen LogP contribution in [-0.4, -0.2) is 23.2 Å². The quantitative estimate of drug-likeness (QED) is 0.839. The second kappa shape index (κ2) is 5.47. The van der Waals surface area contributed by atoms with E-state index in [1.165, 1.54) is 0 Å². The van der Waals surface area contributed by atoms with Crippen molar-refractivity contribution in [3.05, 3.63) is 23.9 Å². The van der Waals surface area contributed by atoms with Gasteiger partial charge in [0.1, 0.15) is 5.82 Å². The summed E-state index contributed by atoms with van der Waals surface area (Å²) in [5.74, 6) is 0.736. The molecule has 0 aliphatic rings. The maximum absolute atomic E-state index is 9.63. The van der Waals surface area contributed by atoms with Gasteiger partial charge in [0.25, 0.3) is 0 Å². The van der Waals surface area contributed by atoms with Crippen molar-refractivity contribution >= 4 is 5.82 Å². The van der Waals surface area contributed by atoms with Crippen molar-refractivity contribution in [2.24, 2.45) is 0 Å². The molecular formula is C12H17N3O. The van der Waals surface area contributed by atoms with Crippen LogP contribution in [0, 0.1) is 11.3 Å². The van der Waals surface area contributed by atoms with Gasteiger partial charge >= 0.3 is 0 Å². The molecule has 1 aromatic rings. The highest BCUT2D eigenvalue weighted by atomic mass is 16.3. The fourth-order valence-corrected chi connectivity index (χ4v) is 1.51. The molecule has 16 heavy (non-hydrogen) atoms. The lowest BCUT2D eigenvalue weighted by molar-refractivity contribution is 0.199. The smallest absolute Gasteiger partial charge is 0.134 e. The summed E-state index contributed by atoms with van der Waals surface area (Å²) in [6, 6.07) is 5.87. The molecule has 1 aromatic heterocycles. The Hall–Kier alpha value is -1.60. The van der Waals surface area contributed by atoms with Crippen molar-refractivity contribution in [1.29, 1.82) is 5.26 Å². The van der Waals surface area contributed by atoms with E-state index in [-0.39, 0.29) is 6.04 Å². The first-order chi connectivity index (χ1) is 7.57. The first-order valence-electron chi connectivity index (χ1n) is 5.30. The monoisotopic (exact) mass is 219 g/mol. The minimum atomic E-state index is -0.555. The molecule has 0 aliphatic carbocycles. The Bertz CT molecular complexity index is 384. The van der Waals surface area contributed by atoms with Crippen LogP contribution in [0.4, 0.5) is 5.82 Å². The van der Waals surface area contributed by atoms with Gasteiger partial charge in [-0.3, -0.25) is 0 Å². The summed E-state index contributed by atoms with van der Waals surface area (Å²) in [6.07, 6.45) is 1.57. The predicted molar refractivity (Wildman–Crippen MR) is 63.0 cm³/mol. The molecule has 0 aromatic carbocycles. The van der Waals surface area contributed by atoms with Crippen LogP contribution in [0.1, 0.15) is 31.9 Å². The third kappa shape index (κ3) is 2.71. The first-order valence-corrected chi connectivity index (χ1v) is 5.30. The zero-order chi connectivity index (χ0) is 12.1. The largest absolute Gasteiger partial charge is 0.389 e. The predicted octanol–water partition coefficient (Wildman–Crippen LogP) is 1.87. The zero-order valence-corrected chi connectivity index (χ0v) is 9.88. The van der Waals surface area contributed by atoms with Crippen LogP contribution >= 0.6 is 0 Å². The van der Waals surface area contributed by atoms with Gasteiger partial charge in [0.15, 0.2) is 0 Å². The molecule has 1 heterocycles. The minimum absolute atomic E-state index is 0.0809. The van der Waals surface area contributed by atoms with Gasteiger partial charge in [-0.1, -0.05) is 6.07 Å². The van der Waals surface area contributed by atoms with E-state index in [4.69, 9.17) is 5.26 Å². The highest BCUT2D eigenvalue weighted by Gasteiger charge is 2.16. The van der Waals surface area contributed by atoms with Crippen molar-refractivity contribution in [2.45, 2.75) is 32.4 Å². The lowest BCUT2D eigenvalue weighted by Gasteiger charge is -2.26. The van der Waals surface area contributed by atoms with E-state index in [1.807, 2.05) is 24.9 Å². The fraction of sp³-hybridized carbons (Fsp3) is 0.500. The molecule has 0 radical (unpaired) electrons. The molecule has 2 atom stereocenters. The summed E-state index contributed by atoms with van der Waals surface area (Å²) in [5.41, 5.74) is 0.787. The molecule has 0 spiro atoms. The van der Waals surface area contributed by atoms with Crippen LogP contribution in [0.3, 0.4) is 0 Å². The van der Waals surface area contributed by atoms with Gasteiger partial charge < -0.3 is 10.0 Å². The fourth-order valence-electron chi connectivity index (χ4n) is 1.51. The molecule has 1 N–H and O–H groups in total. The molecule has 0 saturated heterocycles. The van der Waals surface area contributed by atoms with Gasteiger partial charge in [0, 0.05) is 24.8 Å². The number of aliphatic hydroxyl groups is 1. The second-order valence-electron chi connectivity index (χ2n) is 3.91. The Balaban J connectivity index is 2.99. The molecule has 0 bridgehead atoms. The summed E-state index contributed by atoms with van der Waals surface area (Å²) in [6.45, 7) is 3.67. The van der Waals surface area contributed by atoms with Crippen LogP contribution < -0.4 is 4.90 Å². The van der Waals surface area contributed by atoms with E-state index in [0.29, 0.717) is 6.42 Å². The van der Waals surface area contributed by atoms with Crippen LogP contribution in [0.2, 0.25) is 0 Å². The van der Waals surface area contributed by atoms with E-state index in [0.717, 1.165) is 11.4 Å². The molecule has 0 saturated carbocycles. The van der Waals surface area contributed by atoms with E-state index >= 15 is 0 Å². The first kappa shape index (κ1) is 12.5. The Morgan fingerprint density at radius 2 is 2.25 bits per heavy atom. The van der Waals surface area contributed by atoms with E-state index in [2.05, 4.69) is 11.1 Å². The van der Waals surface area contributed by atoms with Crippen molar-refractivity contribution < 1.29 is 5.11 Å². The van der Waals surface area contributed by atoms with Crippen molar-refractivity contribution in [2.75, 3.05) is 11.9 Å². The maximum Gasteiger partial charge on any atom is 0.134 e. The summed E-state index contributed by atoms with van der Waals surface area (Å²) in [5, 5.41) is 18.3. The number of hydrogen-bond donors (Lipinski definition) is 1. The SMILES string of the molecule is CC(O)c1cccnc1N(C)C(C)CC#N. The molecule has 2 unspecified atom stereocenters. The highest BCUT2D eigenvalue weighted by molar-refractivity contribution is 5.47. The van der Waals surface area contributed by atoms with Crippen LogP contribution in [0.25, 0.3) is 0 Å². The number of nitriles is 1. The van der Waals surface area contributed by atoms with Gasteiger partial charge in [-0.15, -0.1) is 0 Å². The molecule has 0 fully saturated rings. The Morgan fingerprint density at radius 3 is 2.81 bits per heavy atom. The molecule has 4 heteroatoms. The molecule has 1 rings (SSSR count). The van der Waals surface area contributed by atoms with E-state index in [1.54, 1.807) is 19.2 Å². The number of aliphatic hydroxyl groups excluding tert-OH is 1. The summed E-state index contributed by atoms with van der Waals surface area (Å²) < 4.78 is 0. The van der Waals surface area contributed by atoms with Gasteiger partial charge in [-0.25, -0.2) is 4.98 Å². The standard InChI is InChI=1S/C12H17N3O/c1-9(6-7-13)15(3)12-11(10(2)16)5-4-8-14-12/h4-5,8-10,16H,6H2,1-3H3. The molecule has 4 nitrogen and oxygen atoms in total. The van der Waals surface area contributed by atoms with Crippen molar-refractivity contribution in [3.63, 3.8) is 0 Å². The Labute approximate surface area is 96.2 Å². The number of rotatable bonds is 4. The lowest BCUT2D eigenvalue weighted by Crippen LogP contribution is -2.30. The molecular weight excluding hydrogens is 202 g/mol. The normalized spacial score (nSPS) is 13.9. The van der Waals surface area contributed by atoms with Gasteiger partial charge in [0.05, 0.1) is 18.6 Å². The number of hydrogen-bond acceptors (Lipinski definition) is 4. The van der Waals surface area contributed by atoms with Crippen molar-refractivity contribution in [1.82, 2.24) is 4.98 Å². The topological polar surface area (TPSA) is 60.2 Å². The lowest BCUT2D eigenvalue weighted by atomic mass is 10.1. The number of pyridine rings is 1.